The molecule has 6 nitrogen and oxygen atoms in total. The number of aliphatic carboxylic acids is 1. The van der Waals surface area contributed by atoms with Gasteiger partial charge < -0.3 is 24.8 Å². The maximum atomic E-state index is 11.4. The van der Waals surface area contributed by atoms with Gasteiger partial charge in [0.25, 0.3) is 0 Å². The summed E-state index contributed by atoms with van der Waals surface area (Å²) < 4.78 is 11.8. The van der Waals surface area contributed by atoms with Crippen LogP contribution in [0.1, 0.15) is 30.9 Å². The number of carbonyl (C=O) groups is 2. The maximum Gasteiger partial charge on any atom is 0.310 e. The Hall–Kier alpha value is -3.64. The normalized spacial score (nSPS) is 13.5. The molecule has 174 valence electrons. The highest BCUT2D eigenvalue weighted by Crippen LogP contribution is 2.33. The van der Waals surface area contributed by atoms with Crippen molar-refractivity contribution in [3.05, 3.63) is 83.3 Å². The van der Waals surface area contributed by atoms with Crippen molar-refractivity contribution in [2.45, 2.75) is 33.3 Å². The number of ether oxygens (including phenoxy) is 1. The number of carboxylic acid groups (broad SMARTS) is 1. The van der Waals surface area contributed by atoms with Gasteiger partial charge in [0.2, 0.25) is 0 Å². The summed E-state index contributed by atoms with van der Waals surface area (Å²) in [6.45, 7) is 6.16. The number of nitrogens with two attached hydrogens (primary N) is 1. The lowest BCUT2D eigenvalue weighted by molar-refractivity contribution is -0.140. The number of carboxylic acids is 1. The molecular formula is C27H31NO5. The van der Waals surface area contributed by atoms with Gasteiger partial charge in [-0.25, -0.2) is 0 Å². The van der Waals surface area contributed by atoms with E-state index in [1.807, 2.05) is 31.1 Å². The Bertz CT molecular complexity index is 1140. The quantitative estimate of drug-likeness (QED) is 0.505. The van der Waals surface area contributed by atoms with Crippen molar-refractivity contribution in [2.75, 3.05) is 7.05 Å². The topological polar surface area (TPSA) is 103 Å². The van der Waals surface area contributed by atoms with Crippen molar-refractivity contribution in [1.82, 2.24) is 0 Å². The number of hydrogen-bond donors (Lipinski definition) is 2. The molecule has 3 aromatic rings. The fourth-order valence-corrected chi connectivity index (χ4v) is 3.79. The number of carbonyl (C=O) groups excluding carboxylic acids is 1. The average molecular weight is 450 g/mol. The van der Waals surface area contributed by atoms with Crippen molar-refractivity contribution in [1.29, 1.82) is 0 Å². The third-order valence-electron chi connectivity index (χ3n) is 5.39. The van der Waals surface area contributed by atoms with Gasteiger partial charge in [0.05, 0.1) is 12.2 Å². The van der Waals surface area contributed by atoms with E-state index in [0.717, 1.165) is 39.7 Å². The first-order valence-corrected chi connectivity index (χ1v) is 10.7. The SMILES string of the molecule is C=O.CN.Cc1cccc(-c2cc(COC3=C(C(C)C(=O)O)CCC=C3)cc3ccoc23)c1. The van der Waals surface area contributed by atoms with Crippen LogP contribution in [0.3, 0.4) is 0 Å². The summed E-state index contributed by atoms with van der Waals surface area (Å²) in [6.07, 6.45) is 7.20. The minimum Gasteiger partial charge on any atom is -0.489 e. The minimum atomic E-state index is -0.821. The number of aryl methyl sites for hydroxylation is 1. The number of allylic oxidation sites excluding steroid dienone is 2. The summed E-state index contributed by atoms with van der Waals surface area (Å²) >= 11 is 0. The van der Waals surface area contributed by atoms with E-state index in [1.165, 1.54) is 12.6 Å². The average Bonchev–Trinajstić information content (AvgIpc) is 3.33. The summed E-state index contributed by atoms with van der Waals surface area (Å²) in [5, 5.41) is 10.4. The molecular weight excluding hydrogens is 418 g/mol. The molecule has 3 N–H and O–H groups in total. The Labute approximate surface area is 194 Å². The van der Waals surface area contributed by atoms with Crippen LogP contribution in [0.5, 0.6) is 0 Å². The van der Waals surface area contributed by atoms with Crippen molar-refractivity contribution >= 4 is 23.7 Å². The molecule has 1 unspecified atom stereocenters. The third-order valence-corrected chi connectivity index (χ3v) is 5.39. The Balaban J connectivity index is 0.000000914. The molecule has 1 atom stereocenters. The van der Waals surface area contributed by atoms with E-state index in [0.29, 0.717) is 18.8 Å². The van der Waals surface area contributed by atoms with Crippen LogP contribution in [-0.2, 0) is 20.9 Å². The molecule has 0 fully saturated rings. The summed E-state index contributed by atoms with van der Waals surface area (Å²) in [6, 6.07) is 14.4. The predicted octanol–water partition coefficient (Wildman–Crippen LogP) is 5.64. The van der Waals surface area contributed by atoms with E-state index < -0.39 is 11.9 Å². The molecule has 0 saturated carbocycles. The molecule has 0 aliphatic heterocycles. The van der Waals surface area contributed by atoms with E-state index in [-0.39, 0.29) is 0 Å². The van der Waals surface area contributed by atoms with Crippen LogP contribution < -0.4 is 5.73 Å². The molecule has 1 aliphatic carbocycles. The van der Waals surface area contributed by atoms with Crippen LogP contribution in [-0.4, -0.2) is 24.9 Å². The van der Waals surface area contributed by atoms with Gasteiger partial charge in [0, 0.05) is 10.9 Å². The fraction of sp³-hybridized carbons (Fsp3) is 0.259. The molecule has 0 spiro atoms. The molecule has 0 bridgehead atoms. The molecule has 1 heterocycles. The molecule has 0 saturated heterocycles. The van der Waals surface area contributed by atoms with Gasteiger partial charge in [-0.3, -0.25) is 4.79 Å². The van der Waals surface area contributed by atoms with Crippen LogP contribution in [0.15, 0.2) is 76.6 Å². The smallest absolute Gasteiger partial charge is 0.310 e. The minimum absolute atomic E-state index is 0.370. The van der Waals surface area contributed by atoms with Gasteiger partial charge in [-0.15, -0.1) is 0 Å². The summed E-state index contributed by atoms with van der Waals surface area (Å²) in [5.74, 6) is -0.692. The third kappa shape index (κ3) is 6.20. The van der Waals surface area contributed by atoms with E-state index >= 15 is 0 Å². The van der Waals surface area contributed by atoms with E-state index in [9.17, 15) is 9.90 Å². The summed E-state index contributed by atoms with van der Waals surface area (Å²) in [4.78, 5) is 19.4. The molecule has 6 heteroatoms. The van der Waals surface area contributed by atoms with Crippen LogP contribution in [0.25, 0.3) is 22.1 Å². The predicted molar refractivity (Wildman–Crippen MR) is 131 cm³/mol. The van der Waals surface area contributed by atoms with Crippen molar-refractivity contribution in [3.8, 4) is 11.1 Å². The molecule has 4 rings (SSSR count). The van der Waals surface area contributed by atoms with Gasteiger partial charge in [-0.05, 0) is 74.7 Å². The maximum absolute atomic E-state index is 11.4. The van der Waals surface area contributed by atoms with E-state index in [1.54, 1.807) is 13.2 Å². The van der Waals surface area contributed by atoms with Crippen molar-refractivity contribution in [2.24, 2.45) is 11.7 Å². The molecule has 0 amide bonds. The lowest BCUT2D eigenvalue weighted by Gasteiger charge is -2.20. The number of furan rings is 1. The fourth-order valence-electron chi connectivity index (χ4n) is 3.79. The lowest BCUT2D eigenvalue weighted by Crippen LogP contribution is -2.16. The largest absolute Gasteiger partial charge is 0.489 e. The second-order valence-electron chi connectivity index (χ2n) is 7.53. The molecule has 2 aromatic carbocycles. The van der Waals surface area contributed by atoms with Gasteiger partial charge in [-0.2, -0.15) is 0 Å². The molecule has 1 aromatic heterocycles. The summed E-state index contributed by atoms with van der Waals surface area (Å²) in [7, 11) is 1.50. The van der Waals surface area contributed by atoms with E-state index in [2.05, 4.69) is 43.0 Å². The first-order chi connectivity index (χ1) is 16.0. The van der Waals surface area contributed by atoms with Crippen LogP contribution in [0.4, 0.5) is 0 Å². The highest BCUT2D eigenvalue weighted by molar-refractivity contribution is 5.93. The summed E-state index contributed by atoms with van der Waals surface area (Å²) in [5.41, 5.74) is 10.5. The van der Waals surface area contributed by atoms with Gasteiger partial charge in [0.15, 0.2) is 0 Å². The van der Waals surface area contributed by atoms with Crippen LogP contribution in [0.2, 0.25) is 0 Å². The van der Waals surface area contributed by atoms with Gasteiger partial charge >= 0.3 is 5.97 Å². The standard InChI is InChI=1S/C25H24O4.CH5N.CH2O/c1-16-6-5-7-19(12-16)22-14-18(13-20-10-11-28-24(20)22)15-29-23-9-4-3-8-21(23)17(2)25(26)27;2*1-2/h4-7,9-14,17H,3,8,15H2,1-2H3,(H,26,27);2H2,1H3;1H2. The molecule has 33 heavy (non-hydrogen) atoms. The first-order valence-electron chi connectivity index (χ1n) is 10.7. The Morgan fingerprint density at radius 1 is 1.21 bits per heavy atom. The Morgan fingerprint density at radius 3 is 2.67 bits per heavy atom. The zero-order valence-corrected chi connectivity index (χ0v) is 19.3. The molecule has 0 radical (unpaired) electrons. The zero-order valence-electron chi connectivity index (χ0n) is 19.3. The van der Waals surface area contributed by atoms with Crippen molar-refractivity contribution < 1.29 is 23.8 Å². The monoisotopic (exact) mass is 449 g/mol. The zero-order chi connectivity index (χ0) is 24.4. The Morgan fingerprint density at radius 2 is 1.97 bits per heavy atom. The Kier molecular flexibility index (Phi) is 9.63. The molecule has 1 aliphatic rings. The highest BCUT2D eigenvalue weighted by atomic mass is 16.5. The second-order valence-corrected chi connectivity index (χ2v) is 7.53. The lowest BCUT2D eigenvalue weighted by atomic mass is 9.92. The van der Waals surface area contributed by atoms with Crippen LogP contribution >= 0.6 is 0 Å². The van der Waals surface area contributed by atoms with Gasteiger partial charge in [0.1, 0.15) is 24.7 Å². The number of hydrogen-bond acceptors (Lipinski definition) is 5. The van der Waals surface area contributed by atoms with Crippen molar-refractivity contribution in [3.63, 3.8) is 0 Å². The van der Waals surface area contributed by atoms with Gasteiger partial charge in [-0.1, -0.05) is 35.9 Å². The van der Waals surface area contributed by atoms with E-state index in [4.69, 9.17) is 13.9 Å². The number of benzene rings is 2. The number of fused-ring (bicyclic) bond motifs is 1. The number of rotatable bonds is 6. The second kappa shape index (κ2) is 12.4. The van der Waals surface area contributed by atoms with Crippen LogP contribution in [0, 0.1) is 12.8 Å². The highest BCUT2D eigenvalue weighted by Gasteiger charge is 2.22. The first kappa shape index (κ1) is 25.6.